The fourth-order valence-corrected chi connectivity index (χ4v) is 2.84. The molecule has 3 N–H and O–H groups in total. The van der Waals surface area contributed by atoms with Gasteiger partial charge in [0.25, 0.3) is 0 Å². The van der Waals surface area contributed by atoms with E-state index in [1.54, 1.807) is 0 Å². The van der Waals surface area contributed by atoms with E-state index in [4.69, 9.17) is 10.5 Å². The van der Waals surface area contributed by atoms with E-state index in [1.165, 1.54) is 16.3 Å². The molecule has 2 atom stereocenters. The molecular weight excluding hydrogens is 316 g/mol. The molecule has 134 valence electrons. The molecule has 0 radical (unpaired) electrons. The van der Waals surface area contributed by atoms with E-state index in [-0.39, 0.29) is 24.5 Å². The zero-order valence-electron chi connectivity index (χ0n) is 14.8. The molecule has 0 aliphatic carbocycles. The maximum absolute atomic E-state index is 11.0. The van der Waals surface area contributed by atoms with E-state index in [0.29, 0.717) is 19.4 Å². The van der Waals surface area contributed by atoms with Crippen LogP contribution >= 0.6 is 0 Å². The molecular formula is C20H26N2O3. The molecule has 2 rings (SSSR count). The van der Waals surface area contributed by atoms with Gasteiger partial charge in [0.1, 0.15) is 0 Å². The van der Waals surface area contributed by atoms with Crippen LogP contribution in [0.4, 0.5) is 0 Å². The summed E-state index contributed by atoms with van der Waals surface area (Å²) < 4.78 is 5.91. The lowest BCUT2D eigenvalue weighted by molar-refractivity contribution is -0.119. The summed E-state index contributed by atoms with van der Waals surface area (Å²) in [5.41, 5.74) is 7.57. The SMILES string of the molecule is CCc1ccc2ccc(COC(C)C(CCC(N)=O)NC=O)cc2c1. The number of primary amides is 1. The molecule has 0 fully saturated rings. The Kier molecular flexibility index (Phi) is 6.95. The Morgan fingerprint density at radius 3 is 2.52 bits per heavy atom. The first-order valence-electron chi connectivity index (χ1n) is 8.64. The molecule has 2 aromatic carbocycles. The number of aryl methyl sites for hydroxylation is 1. The highest BCUT2D eigenvalue weighted by molar-refractivity contribution is 5.83. The minimum absolute atomic E-state index is 0.217. The quantitative estimate of drug-likeness (QED) is 0.651. The van der Waals surface area contributed by atoms with Crippen LogP contribution in [0, 0.1) is 0 Å². The van der Waals surface area contributed by atoms with Crippen molar-refractivity contribution >= 4 is 23.1 Å². The molecule has 0 saturated heterocycles. The lowest BCUT2D eigenvalue weighted by atomic mass is 10.0. The summed E-state index contributed by atoms with van der Waals surface area (Å²) in [4.78, 5) is 21.7. The summed E-state index contributed by atoms with van der Waals surface area (Å²) >= 11 is 0. The predicted octanol–water partition coefficient (Wildman–Crippen LogP) is 2.69. The zero-order valence-corrected chi connectivity index (χ0v) is 14.8. The summed E-state index contributed by atoms with van der Waals surface area (Å²) in [5.74, 6) is -0.383. The Morgan fingerprint density at radius 2 is 1.88 bits per heavy atom. The van der Waals surface area contributed by atoms with Crippen LogP contribution in [0.1, 0.15) is 37.8 Å². The molecule has 2 unspecified atom stereocenters. The molecule has 0 bridgehead atoms. The molecule has 2 amide bonds. The van der Waals surface area contributed by atoms with Gasteiger partial charge in [-0.25, -0.2) is 0 Å². The van der Waals surface area contributed by atoms with Crippen LogP contribution in [0.2, 0.25) is 0 Å². The van der Waals surface area contributed by atoms with Crippen molar-refractivity contribution in [1.29, 1.82) is 0 Å². The number of hydrogen-bond acceptors (Lipinski definition) is 3. The number of carbonyl (C=O) groups is 2. The third-order valence-corrected chi connectivity index (χ3v) is 4.44. The number of hydrogen-bond donors (Lipinski definition) is 2. The zero-order chi connectivity index (χ0) is 18.2. The summed E-state index contributed by atoms with van der Waals surface area (Å²) in [6.45, 7) is 4.47. The van der Waals surface area contributed by atoms with Crippen molar-refractivity contribution in [2.75, 3.05) is 0 Å². The van der Waals surface area contributed by atoms with Gasteiger partial charge in [-0.2, -0.15) is 0 Å². The summed E-state index contributed by atoms with van der Waals surface area (Å²) in [6, 6.07) is 12.5. The van der Waals surface area contributed by atoms with Crippen molar-refractivity contribution in [2.24, 2.45) is 5.73 Å². The standard InChI is InChI=1S/C20H26N2O3/c1-3-15-4-6-17-7-5-16(11-18(17)10-15)12-25-14(2)19(22-13-23)8-9-20(21)24/h4-7,10-11,13-14,19H,3,8-9,12H2,1-2H3,(H2,21,24)(H,22,23). The summed E-state index contributed by atoms with van der Waals surface area (Å²) in [5, 5.41) is 5.11. The van der Waals surface area contributed by atoms with Crippen LogP contribution in [0.25, 0.3) is 10.8 Å². The number of carbonyl (C=O) groups excluding carboxylic acids is 2. The van der Waals surface area contributed by atoms with Crippen LogP contribution in [0.3, 0.4) is 0 Å². The topological polar surface area (TPSA) is 81.4 Å². The van der Waals surface area contributed by atoms with Crippen LogP contribution in [-0.4, -0.2) is 24.5 Å². The Labute approximate surface area is 148 Å². The molecule has 0 heterocycles. The first-order valence-corrected chi connectivity index (χ1v) is 8.64. The molecule has 0 saturated carbocycles. The number of rotatable bonds is 10. The van der Waals surface area contributed by atoms with Crippen LogP contribution in [0.15, 0.2) is 36.4 Å². The van der Waals surface area contributed by atoms with Crippen molar-refractivity contribution in [3.05, 3.63) is 47.5 Å². The van der Waals surface area contributed by atoms with E-state index in [2.05, 4.69) is 42.6 Å². The summed E-state index contributed by atoms with van der Waals surface area (Å²) in [7, 11) is 0. The summed E-state index contributed by atoms with van der Waals surface area (Å²) in [6.07, 6.45) is 2.10. The van der Waals surface area contributed by atoms with E-state index in [1.807, 2.05) is 13.0 Å². The predicted molar refractivity (Wildman–Crippen MR) is 99.0 cm³/mol. The average molecular weight is 342 g/mol. The normalized spacial score (nSPS) is 13.4. The highest BCUT2D eigenvalue weighted by atomic mass is 16.5. The number of fused-ring (bicyclic) bond motifs is 1. The number of ether oxygens (including phenoxy) is 1. The second-order valence-electron chi connectivity index (χ2n) is 6.28. The molecule has 0 spiro atoms. The van der Waals surface area contributed by atoms with E-state index >= 15 is 0 Å². The van der Waals surface area contributed by atoms with Crippen molar-refractivity contribution < 1.29 is 14.3 Å². The minimum atomic E-state index is -0.383. The molecule has 2 aromatic rings. The van der Waals surface area contributed by atoms with Crippen molar-refractivity contribution in [2.45, 2.75) is 51.9 Å². The third-order valence-electron chi connectivity index (χ3n) is 4.44. The van der Waals surface area contributed by atoms with Crippen molar-refractivity contribution in [1.82, 2.24) is 5.32 Å². The van der Waals surface area contributed by atoms with Gasteiger partial charge in [0.15, 0.2) is 0 Å². The van der Waals surface area contributed by atoms with Gasteiger partial charge in [-0.15, -0.1) is 0 Å². The third kappa shape index (κ3) is 5.57. The number of amides is 2. The molecule has 0 aliphatic heterocycles. The Balaban J connectivity index is 2.01. The molecule has 0 aromatic heterocycles. The Morgan fingerprint density at radius 1 is 1.20 bits per heavy atom. The number of nitrogens with one attached hydrogen (secondary N) is 1. The number of benzene rings is 2. The average Bonchev–Trinajstić information content (AvgIpc) is 2.62. The van der Waals surface area contributed by atoms with Gasteiger partial charge in [-0.05, 0) is 47.7 Å². The van der Waals surface area contributed by atoms with Gasteiger partial charge in [-0.3, -0.25) is 9.59 Å². The largest absolute Gasteiger partial charge is 0.372 e. The van der Waals surface area contributed by atoms with Crippen molar-refractivity contribution in [3.63, 3.8) is 0 Å². The smallest absolute Gasteiger partial charge is 0.217 e. The first kappa shape index (κ1) is 18.9. The Bertz CT molecular complexity index is 730. The fourth-order valence-electron chi connectivity index (χ4n) is 2.84. The van der Waals surface area contributed by atoms with Gasteiger partial charge < -0.3 is 15.8 Å². The molecule has 25 heavy (non-hydrogen) atoms. The van der Waals surface area contributed by atoms with Crippen molar-refractivity contribution in [3.8, 4) is 0 Å². The fraction of sp³-hybridized carbons (Fsp3) is 0.400. The number of nitrogens with two attached hydrogens (primary N) is 1. The van der Waals surface area contributed by atoms with E-state index in [9.17, 15) is 9.59 Å². The lowest BCUT2D eigenvalue weighted by Crippen LogP contribution is -2.39. The maximum Gasteiger partial charge on any atom is 0.217 e. The second-order valence-corrected chi connectivity index (χ2v) is 6.28. The minimum Gasteiger partial charge on any atom is -0.372 e. The highest BCUT2D eigenvalue weighted by Gasteiger charge is 2.18. The molecule has 0 aliphatic rings. The van der Waals surface area contributed by atoms with Gasteiger partial charge in [0, 0.05) is 6.42 Å². The Hall–Kier alpha value is -2.40. The van der Waals surface area contributed by atoms with Gasteiger partial charge in [0.2, 0.25) is 12.3 Å². The van der Waals surface area contributed by atoms with Gasteiger partial charge >= 0.3 is 0 Å². The first-order chi connectivity index (χ1) is 12.0. The molecule has 5 heteroatoms. The molecule has 5 nitrogen and oxygen atoms in total. The van der Waals surface area contributed by atoms with E-state index in [0.717, 1.165) is 12.0 Å². The van der Waals surface area contributed by atoms with Crippen LogP contribution in [0.5, 0.6) is 0 Å². The van der Waals surface area contributed by atoms with E-state index < -0.39 is 0 Å². The maximum atomic E-state index is 11.0. The van der Waals surface area contributed by atoms with Crippen LogP contribution in [-0.2, 0) is 27.4 Å². The second kappa shape index (κ2) is 9.18. The van der Waals surface area contributed by atoms with Gasteiger partial charge in [-0.1, -0.05) is 37.3 Å². The lowest BCUT2D eigenvalue weighted by Gasteiger charge is -2.23. The highest BCUT2D eigenvalue weighted by Crippen LogP contribution is 2.19. The van der Waals surface area contributed by atoms with Crippen LogP contribution < -0.4 is 11.1 Å². The monoisotopic (exact) mass is 342 g/mol. The van der Waals surface area contributed by atoms with Gasteiger partial charge in [0.05, 0.1) is 18.8 Å².